The Morgan fingerprint density at radius 2 is 1.68 bits per heavy atom. The summed E-state index contributed by atoms with van der Waals surface area (Å²) in [7, 11) is 1.30. The van der Waals surface area contributed by atoms with Crippen molar-refractivity contribution in [3.8, 4) is 0 Å². The topological polar surface area (TPSA) is 93.7 Å². The highest BCUT2D eigenvalue weighted by atomic mass is 16.5. The molecule has 0 fully saturated rings. The van der Waals surface area contributed by atoms with Gasteiger partial charge in [0.25, 0.3) is 0 Å². The van der Waals surface area contributed by atoms with Crippen molar-refractivity contribution in [2.45, 2.75) is 19.6 Å². The fourth-order valence-corrected chi connectivity index (χ4v) is 2.94. The molecule has 0 aromatic heterocycles. The predicted molar refractivity (Wildman–Crippen MR) is 101 cm³/mol. The minimum atomic E-state index is -0.691. The van der Waals surface area contributed by atoms with Crippen LogP contribution in [0.3, 0.4) is 0 Å². The van der Waals surface area contributed by atoms with Gasteiger partial charge in [0.1, 0.15) is 6.61 Å². The summed E-state index contributed by atoms with van der Waals surface area (Å²) in [5.41, 5.74) is 2.61. The minimum absolute atomic E-state index is 0.123. The summed E-state index contributed by atoms with van der Waals surface area (Å²) >= 11 is 0. The van der Waals surface area contributed by atoms with Crippen molar-refractivity contribution in [3.63, 3.8) is 0 Å². The second-order valence-corrected chi connectivity index (χ2v) is 6.25. The number of methoxy groups -OCH3 is 1. The molecule has 2 aromatic carbocycles. The van der Waals surface area contributed by atoms with E-state index in [0.29, 0.717) is 22.4 Å². The number of urea groups is 1. The zero-order valence-corrected chi connectivity index (χ0v) is 15.5. The fraction of sp³-hybridized carbons (Fsp3) is 0.190. The minimum Gasteiger partial charge on any atom is -0.465 e. The number of carbonyl (C=O) groups excluding carboxylic acids is 3. The van der Waals surface area contributed by atoms with Crippen LogP contribution < -0.4 is 10.6 Å². The summed E-state index contributed by atoms with van der Waals surface area (Å²) in [5.74, 6) is -0.994. The molecule has 0 aliphatic carbocycles. The summed E-state index contributed by atoms with van der Waals surface area (Å²) in [4.78, 5) is 36.3. The van der Waals surface area contributed by atoms with Crippen LogP contribution in [0.5, 0.6) is 0 Å². The van der Waals surface area contributed by atoms with E-state index in [-0.39, 0.29) is 6.61 Å². The number of rotatable bonds is 5. The van der Waals surface area contributed by atoms with E-state index < -0.39 is 24.0 Å². The van der Waals surface area contributed by atoms with Gasteiger partial charge in [-0.2, -0.15) is 0 Å². The molecule has 0 radical (unpaired) electrons. The Morgan fingerprint density at radius 1 is 1.00 bits per heavy atom. The molecule has 0 unspecified atom stereocenters. The SMILES string of the molecule is COC(=O)c1ccc([C@H]2NC(=O)NC(C)=C2C(=O)OCc2ccccc2)cc1. The molecule has 1 heterocycles. The molecular formula is C21H20N2O5. The van der Waals surface area contributed by atoms with Gasteiger partial charge in [0.05, 0.1) is 24.3 Å². The van der Waals surface area contributed by atoms with Gasteiger partial charge in [-0.1, -0.05) is 42.5 Å². The van der Waals surface area contributed by atoms with E-state index in [2.05, 4.69) is 15.4 Å². The molecule has 0 saturated heterocycles. The maximum atomic E-state index is 12.7. The van der Waals surface area contributed by atoms with Gasteiger partial charge in [0, 0.05) is 5.70 Å². The molecule has 0 bridgehead atoms. The lowest BCUT2D eigenvalue weighted by atomic mass is 9.95. The van der Waals surface area contributed by atoms with Crippen molar-refractivity contribution in [2.24, 2.45) is 0 Å². The molecule has 28 heavy (non-hydrogen) atoms. The highest BCUT2D eigenvalue weighted by Gasteiger charge is 2.32. The van der Waals surface area contributed by atoms with E-state index in [1.165, 1.54) is 7.11 Å². The van der Waals surface area contributed by atoms with Crippen LogP contribution in [0.25, 0.3) is 0 Å². The number of benzene rings is 2. The summed E-state index contributed by atoms with van der Waals surface area (Å²) in [5, 5.41) is 5.33. The van der Waals surface area contributed by atoms with Gasteiger partial charge in [-0.3, -0.25) is 0 Å². The molecule has 0 spiro atoms. The van der Waals surface area contributed by atoms with Gasteiger partial charge < -0.3 is 20.1 Å². The molecule has 3 rings (SSSR count). The molecule has 144 valence electrons. The second kappa shape index (κ2) is 8.39. The smallest absolute Gasteiger partial charge is 0.338 e. The normalized spacial score (nSPS) is 16.1. The van der Waals surface area contributed by atoms with E-state index in [9.17, 15) is 14.4 Å². The van der Waals surface area contributed by atoms with Gasteiger partial charge in [-0.05, 0) is 30.2 Å². The first-order chi connectivity index (χ1) is 13.5. The number of hydrogen-bond acceptors (Lipinski definition) is 5. The second-order valence-electron chi connectivity index (χ2n) is 6.25. The molecule has 1 aliphatic rings. The molecular weight excluding hydrogens is 360 g/mol. The summed E-state index contributed by atoms with van der Waals surface area (Å²) in [6, 6.07) is 14.7. The number of amides is 2. The number of carbonyl (C=O) groups is 3. The highest BCUT2D eigenvalue weighted by molar-refractivity contribution is 5.95. The van der Waals surface area contributed by atoms with Crippen molar-refractivity contribution in [3.05, 3.63) is 82.6 Å². The van der Waals surface area contributed by atoms with Gasteiger partial charge in [0.15, 0.2) is 0 Å². The first-order valence-corrected chi connectivity index (χ1v) is 8.67. The molecule has 2 N–H and O–H groups in total. The zero-order valence-electron chi connectivity index (χ0n) is 15.5. The van der Waals surface area contributed by atoms with E-state index in [1.807, 2.05) is 30.3 Å². The molecule has 1 aliphatic heterocycles. The van der Waals surface area contributed by atoms with Crippen molar-refractivity contribution in [1.82, 2.24) is 10.6 Å². The van der Waals surface area contributed by atoms with Crippen LogP contribution in [-0.4, -0.2) is 25.1 Å². The van der Waals surface area contributed by atoms with Crippen molar-refractivity contribution >= 4 is 18.0 Å². The van der Waals surface area contributed by atoms with Gasteiger partial charge in [0.2, 0.25) is 0 Å². The number of allylic oxidation sites excluding steroid dienone is 1. The Morgan fingerprint density at radius 3 is 2.32 bits per heavy atom. The maximum absolute atomic E-state index is 12.7. The largest absolute Gasteiger partial charge is 0.465 e. The first-order valence-electron chi connectivity index (χ1n) is 8.67. The zero-order chi connectivity index (χ0) is 20.1. The Kier molecular flexibility index (Phi) is 5.74. The van der Waals surface area contributed by atoms with Crippen LogP contribution in [-0.2, 0) is 20.9 Å². The van der Waals surface area contributed by atoms with E-state index >= 15 is 0 Å². The highest BCUT2D eigenvalue weighted by Crippen LogP contribution is 2.28. The average Bonchev–Trinajstić information content (AvgIpc) is 2.71. The van der Waals surface area contributed by atoms with Crippen LogP contribution in [0.4, 0.5) is 4.79 Å². The summed E-state index contributed by atoms with van der Waals surface area (Å²) in [6.45, 7) is 1.77. The van der Waals surface area contributed by atoms with Crippen LogP contribution in [0, 0.1) is 0 Å². The monoisotopic (exact) mass is 380 g/mol. The molecule has 2 aromatic rings. The van der Waals surface area contributed by atoms with Crippen LogP contribution in [0.15, 0.2) is 65.9 Å². The van der Waals surface area contributed by atoms with Gasteiger partial charge in [-0.15, -0.1) is 0 Å². The standard InChI is InChI=1S/C21H20N2O5/c1-13-17(20(25)28-12-14-6-4-3-5-7-14)18(23-21(26)22-13)15-8-10-16(11-9-15)19(24)27-2/h3-11,18H,12H2,1-2H3,(H2,22,23,26)/t18-/m1/s1. The lowest BCUT2D eigenvalue weighted by molar-refractivity contribution is -0.140. The molecule has 2 amide bonds. The number of hydrogen-bond donors (Lipinski definition) is 2. The maximum Gasteiger partial charge on any atom is 0.338 e. The van der Waals surface area contributed by atoms with Crippen molar-refractivity contribution in [1.29, 1.82) is 0 Å². The molecule has 0 saturated carbocycles. The third kappa shape index (κ3) is 4.20. The first kappa shape index (κ1) is 19.2. The number of esters is 2. The Labute approximate surface area is 162 Å². The lowest BCUT2D eigenvalue weighted by Gasteiger charge is -2.28. The van der Waals surface area contributed by atoms with Crippen molar-refractivity contribution in [2.75, 3.05) is 7.11 Å². The summed E-state index contributed by atoms with van der Waals surface area (Å²) in [6.07, 6.45) is 0. The molecule has 1 atom stereocenters. The van der Waals surface area contributed by atoms with Crippen molar-refractivity contribution < 1.29 is 23.9 Å². The quantitative estimate of drug-likeness (QED) is 0.778. The Balaban J connectivity index is 1.84. The predicted octanol–water partition coefficient (Wildman–Crippen LogP) is 2.84. The number of ether oxygens (including phenoxy) is 2. The van der Waals surface area contributed by atoms with Gasteiger partial charge in [-0.25, -0.2) is 14.4 Å². The summed E-state index contributed by atoms with van der Waals surface area (Å²) < 4.78 is 10.1. The molecule has 7 heteroatoms. The van der Waals surface area contributed by atoms with Crippen LogP contribution in [0.1, 0.15) is 34.5 Å². The third-order valence-electron chi connectivity index (χ3n) is 4.37. The fourth-order valence-electron chi connectivity index (χ4n) is 2.94. The van der Waals surface area contributed by atoms with E-state index in [0.717, 1.165) is 5.56 Å². The Hall–Kier alpha value is -3.61. The average molecular weight is 380 g/mol. The Bertz CT molecular complexity index is 920. The molecule has 7 nitrogen and oxygen atoms in total. The van der Waals surface area contributed by atoms with Crippen LogP contribution in [0.2, 0.25) is 0 Å². The van der Waals surface area contributed by atoms with E-state index in [4.69, 9.17) is 4.74 Å². The van der Waals surface area contributed by atoms with Crippen LogP contribution >= 0.6 is 0 Å². The third-order valence-corrected chi connectivity index (χ3v) is 4.37. The lowest BCUT2D eigenvalue weighted by Crippen LogP contribution is -2.45. The number of nitrogens with one attached hydrogen (secondary N) is 2. The van der Waals surface area contributed by atoms with Gasteiger partial charge >= 0.3 is 18.0 Å². The van der Waals surface area contributed by atoms with E-state index in [1.54, 1.807) is 31.2 Å².